The lowest BCUT2D eigenvalue weighted by atomic mass is 9.97. The second-order valence-corrected chi connectivity index (χ2v) is 17.9. The summed E-state index contributed by atoms with van der Waals surface area (Å²) >= 11 is 0. The number of aromatic nitrogens is 5. The molecule has 7 nitrogen and oxygen atoms in total. The van der Waals surface area contributed by atoms with E-state index in [9.17, 15) is 5.26 Å². The zero-order chi connectivity index (χ0) is 51.0. The van der Waals surface area contributed by atoms with Gasteiger partial charge in [-0.2, -0.15) is 18.4 Å². The van der Waals surface area contributed by atoms with E-state index in [0.717, 1.165) is 45.2 Å². The third-order valence-corrected chi connectivity index (χ3v) is 13.3. The van der Waals surface area contributed by atoms with Crippen LogP contribution in [0.25, 0.3) is 122 Å². The minimum Gasteiger partial charge on any atom is -0.308 e. The first-order valence-corrected chi connectivity index (χ1v) is 24.0. The number of alkyl halides is 3. The summed E-state index contributed by atoms with van der Waals surface area (Å²) in [7, 11) is 0. The second kappa shape index (κ2) is 19.0. The topological polar surface area (TPSA) is 84.6 Å². The number of nitrogens with zero attached hydrogens (tertiary/aromatic N) is 7. The quantitative estimate of drug-likeness (QED) is 0.135. The van der Waals surface area contributed by atoms with Gasteiger partial charge in [-0.15, -0.1) is 0 Å². The molecule has 0 atom stereocenters. The van der Waals surface area contributed by atoms with E-state index in [2.05, 4.69) is 10.9 Å². The van der Waals surface area contributed by atoms with Crippen LogP contribution in [0.1, 0.15) is 11.1 Å². The zero-order valence-electron chi connectivity index (χ0n) is 39.7. The average molecular weight is 974 g/mol. The molecule has 0 aliphatic carbocycles. The standard InChI is InChI=1S/C65H38F3N7/c1-70-55-29-17-16-28-50(55)46-31-33-52-51-32-30-45(49-27-15-14-26-47(49)40-69)34-60(51)75(61(52)35-46)62-53(63-71-56(41-18-6-2-7-19-41)38-57(72-63)42-20-8-3-9-21-42)36-48(65(66,67)68)37-54(62)64-73-58(43-22-10-4-11-23-43)39-59(74-64)44-24-12-5-13-25-44/h2-39H. The minimum atomic E-state index is -4.87. The summed E-state index contributed by atoms with van der Waals surface area (Å²) in [5.74, 6) is 0.0473. The summed E-state index contributed by atoms with van der Waals surface area (Å²) in [5, 5.41) is 11.9. The lowest BCUT2D eigenvalue weighted by Gasteiger charge is -2.22. The van der Waals surface area contributed by atoms with E-state index in [1.54, 1.807) is 18.2 Å². The van der Waals surface area contributed by atoms with Crippen LogP contribution in [0.15, 0.2) is 231 Å². The molecular formula is C65H38F3N7. The molecule has 0 unspecified atom stereocenters. The van der Waals surface area contributed by atoms with Crippen molar-refractivity contribution in [2.24, 2.45) is 0 Å². The van der Waals surface area contributed by atoms with Crippen molar-refractivity contribution in [1.82, 2.24) is 24.5 Å². The van der Waals surface area contributed by atoms with Crippen LogP contribution in [0.4, 0.5) is 18.9 Å². The lowest BCUT2D eigenvalue weighted by molar-refractivity contribution is -0.137. The van der Waals surface area contributed by atoms with Gasteiger partial charge in [-0.25, -0.2) is 24.8 Å². The summed E-state index contributed by atoms with van der Waals surface area (Å²) in [4.78, 5) is 24.6. The van der Waals surface area contributed by atoms with Crippen molar-refractivity contribution in [3.05, 3.63) is 253 Å². The molecule has 0 aliphatic heterocycles. The van der Waals surface area contributed by atoms with Crippen LogP contribution in [-0.4, -0.2) is 24.5 Å². The molecule has 0 radical (unpaired) electrons. The van der Waals surface area contributed by atoms with Crippen molar-refractivity contribution in [3.8, 4) is 102 Å². The molecule has 12 aromatic rings. The van der Waals surface area contributed by atoms with Crippen molar-refractivity contribution >= 4 is 27.5 Å². The van der Waals surface area contributed by atoms with E-state index in [4.69, 9.17) is 26.5 Å². The molecule has 0 N–H and O–H groups in total. The predicted octanol–water partition coefficient (Wildman–Crippen LogP) is 17.1. The first kappa shape index (κ1) is 45.8. The van der Waals surface area contributed by atoms with Gasteiger partial charge in [0.05, 0.1) is 63.3 Å². The Labute approximate surface area is 429 Å². The molecule has 0 fully saturated rings. The normalized spacial score (nSPS) is 11.4. The Morgan fingerprint density at radius 2 is 0.800 bits per heavy atom. The van der Waals surface area contributed by atoms with Crippen molar-refractivity contribution in [1.29, 1.82) is 5.26 Å². The van der Waals surface area contributed by atoms with Crippen molar-refractivity contribution in [2.75, 3.05) is 0 Å². The first-order valence-electron chi connectivity index (χ1n) is 24.0. The number of halogens is 3. The van der Waals surface area contributed by atoms with E-state index >= 15 is 13.2 Å². The number of nitriles is 1. The Morgan fingerprint density at radius 3 is 1.21 bits per heavy atom. The van der Waals surface area contributed by atoms with E-state index in [1.165, 1.54) is 0 Å². The van der Waals surface area contributed by atoms with Crippen molar-refractivity contribution < 1.29 is 13.2 Å². The maximum absolute atomic E-state index is 16.0. The van der Waals surface area contributed by atoms with Crippen LogP contribution in [0.3, 0.4) is 0 Å². The van der Waals surface area contributed by atoms with Gasteiger partial charge in [0.2, 0.25) is 0 Å². The largest absolute Gasteiger partial charge is 0.416 e. The van der Waals surface area contributed by atoms with Crippen molar-refractivity contribution in [3.63, 3.8) is 0 Å². The van der Waals surface area contributed by atoms with Gasteiger partial charge >= 0.3 is 6.18 Å². The van der Waals surface area contributed by atoms with Gasteiger partial charge in [0.25, 0.3) is 0 Å². The number of benzene rings is 9. The minimum absolute atomic E-state index is 0.0236. The van der Waals surface area contributed by atoms with E-state index in [1.807, 2.05) is 205 Å². The number of hydrogen-bond donors (Lipinski definition) is 0. The highest BCUT2D eigenvalue weighted by molar-refractivity contribution is 6.12. The summed E-state index contributed by atoms with van der Waals surface area (Å²) in [6, 6.07) is 72.7. The summed E-state index contributed by atoms with van der Waals surface area (Å²) in [6.45, 7) is 8.11. The summed E-state index contributed by atoms with van der Waals surface area (Å²) < 4.78 is 50.0. The average Bonchev–Trinajstić information content (AvgIpc) is 3.80. The molecule has 3 heterocycles. The van der Waals surface area contributed by atoms with Crippen molar-refractivity contribution in [2.45, 2.75) is 6.18 Å². The van der Waals surface area contributed by atoms with Crippen LogP contribution >= 0.6 is 0 Å². The van der Waals surface area contributed by atoms with E-state index in [-0.39, 0.29) is 28.5 Å². The Hall–Kier alpha value is -10.3. The third kappa shape index (κ3) is 8.63. The SMILES string of the molecule is [C-]#[N+]c1ccccc1-c1ccc2c3ccc(-c4ccccc4C#N)cc3n(-c3c(-c4nc(-c5ccccc5)cc(-c5ccccc5)n4)cc(C(F)(F)F)cc3-c3nc(-c4ccccc4)cc(-c4ccccc4)n3)c2c1. The number of hydrogen-bond acceptors (Lipinski definition) is 5. The maximum atomic E-state index is 16.0. The Balaban J connectivity index is 1.29. The second-order valence-electron chi connectivity index (χ2n) is 17.9. The molecule has 75 heavy (non-hydrogen) atoms. The fourth-order valence-electron chi connectivity index (χ4n) is 9.78. The molecule has 354 valence electrons. The highest BCUT2D eigenvalue weighted by Crippen LogP contribution is 2.47. The summed E-state index contributed by atoms with van der Waals surface area (Å²) in [6.07, 6.45) is -4.87. The van der Waals surface area contributed by atoms with Crippen LogP contribution in [-0.2, 0) is 6.18 Å². The van der Waals surface area contributed by atoms with Gasteiger partial charge in [-0.1, -0.05) is 188 Å². The molecule has 3 aromatic heterocycles. The predicted molar refractivity (Wildman–Crippen MR) is 291 cm³/mol. The van der Waals surface area contributed by atoms with Gasteiger partial charge in [0, 0.05) is 44.2 Å². The molecule has 0 saturated carbocycles. The number of rotatable bonds is 9. The molecule has 0 bridgehead atoms. The Morgan fingerprint density at radius 1 is 0.413 bits per heavy atom. The molecule has 0 aliphatic rings. The smallest absolute Gasteiger partial charge is 0.308 e. The first-order chi connectivity index (χ1) is 36.7. The van der Waals surface area contributed by atoms with Gasteiger partial charge in [0.15, 0.2) is 17.3 Å². The molecule has 0 spiro atoms. The van der Waals surface area contributed by atoms with E-state index < -0.39 is 11.7 Å². The summed E-state index contributed by atoms with van der Waals surface area (Å²) in [5.41, 5.74) is 9.23. The van der Waals surface area contributed by atoms with Crippen LogP contribution in [0.2, 0.25) is 0 Å². The molecule has 9 aromatic carbocycles. The third-order valence-electron chi connectivity index (χ3n) is 13.3. The number of fused-ring (bicyclic) bond motifs is 3. The van der Waals surface area contributed by atoms with Crippen LogP contribution in [0.5, 0.6) is 0 Å². The Kier molecular flexibility index (Phi) is 11.6. The fraction of sp³-hybridized carbons (Fsp3) is 0.0154. The van der Waals surface area contributed by atoms with E-state index in [0.29, 0.717) is 67.3 Å². The highest BCUT2D eigenvalue weighted by Gasteiger charge is 2.35. The zero-order valence-corrected chi connectivity index (χ0v) is 39.7. The Bertz CT molecular complexity index is 3860. The maximum Gasteiger partial charge on any atom is 0.416 e. The monoisotopic (exact) mass is 973 g/mol. The molecular weight excluding hydrogens is 936 g/mol. The van der Waals surface area contributed by atoms with Gasteiger partial charge < -0.3 is 4.57 Å². The van der Waals surface area contributed by atoms with Crippen LogP contribution < -0.4 is 0 Å². The molecule has 12 rings (SSSR count). The molecule has 0 amide bonds. The van der Waals surface area contributed by atoms with Gasteiger partial charge in [0.1, 0.15) is 0 Å². The van der Waals surface area contributed by atoms with Gasteiger partial charge in [-0.3, -0.25) is 0 Å². The van der Waals surface area contributed by atoms with Gasteiger partial charge in [-0.05, 0) is 64.7 Å². The molecule has 0 saturated heterocycles. The number of para-hydroxylation sites is 1. The lowest BCUT2D eigenvalue weighted by Crippen LogP contribution is -2.11. The highest BCUT2D eigenvalue weighted by atomic mass is 19.4. The molecule has 10 heteroatoms. The van der Waals surface area contributed by atoms with Crippen LogP contribution in [0, 0.1) is 17.9 Å². The fourth-order valence-corrected chi connectivity index (χ4v) is 9.78.